The summed E-state index contributed by atoms with van der Waals surface area (Å²) in [5, 5.41) is 0. The van der Waals surface area contributed by atoms with Gasteiger partial charge in [0.15, 0.2) is 5.82 Å². The molecule has 0 saturated carbocycles. The summed E-state index contributed by atoms with van der Waals surface area (Å²) in [6.45, 7) is 5.79. The van der Waals surface area contributed by atoms with E-state index in [0.717, 1.165) is 46.8 Å². The van der Waals surface area contributed by atoms with Crippen LogP contribution in [0.1, 0.15) is 25.5 Å². The summed E-state index contributed by atoms with van der Waals surface area (Å²) in [6.07, 6.45) is 2.02. The molecule has 0 aliphatic carbocycles. The normalized spacial score (nSPS) is 18.9. The highest BCUT2D eigenvalue weighted by molar-refractivity contribution is 7.13. The molecule has 0 spiro atoms. The summed E-state index contributed by atoms with van der Waals surface area (Å²) in [7, 11) is 0. The Bertz CT molecular complexity index is 973. The average Bonchev–Trinajstić information content (AvgIpc) is 3.25. The number of likely N-dealkylation sites (tertiary alicyclic amines) is 1. The molecule has 6 nitrogen and oxygen atoms in total. The van der Waals surface area contributed by atoms with Crippen molar-refractivity contribution in [3.8, 4) is 10.7 Å². The van der Waals surface area contributed by atoms with Crippen molar-refractivity contribution in [1.82, 2.24) is 19.4 Å². The van der Waals surface area contributed by atoms with Crippen molar-refractivity contribution in [3.63, 3.8) is 0 Å². The Balaban J connectivity index is 0.00000150. The number of aryl methyl sites for hydroxylation is 1. The van der Waals surface area contributed by atoms with E-state index in [1.807, 2.05) is 46.2 Å². The van der Waals surface area contributed by atoms with E-state index in [-0.39, 0.29) is 43.3 Å². The summed E-state index contributed by atoms with van der Waals surface area (Å²) in [5.41, 5.74) is 10.6. The number of benzene rings is 1. The predicted octanol–water partition coefficient (Wildman–Crippen LogP) is 3.90. The van der Waals surface area contributed by atoms with E-state index in [1.165, 1.54) is 0 Å². The van der Waals surface area contributed by atoms with Crippen molar-refractivity contribution in [2.75, 3.05) is 13.1 Å². The van der Waals surface area contributed by atoms with Crippen molar-refractivity contribution < 1.29 is 4.79 Å². The van der Waals surface area contributed by atoms with Crippen molar-refractivity contribution >= 4 is 53.1 Å². The number of carbonyl (C=O) groups excluding carboxylic acids is 1. The largest absolute Gasteiger partial charge is 0.337 e. The maximum absolute atomic E-state index is 13.2. The Morgan fingerprint density at radius 2 is 2.07 bits per heavy atom. The highest BCUT2D eigenvalue weighted by Gasteiger charge is 2.30. The van der Waals surface area contributed by atoms with Gasteiger partial charge in [-0.1, -0.05) is 19.1 Å². The van der Waals surface area contributed by atoms with Crippen LogP contribution in [-0.2, 0) is 11.3 Å². The van der Waals surface area contributed by atoms with E-state index in [4.69, 9.17) is 10.7 Å². The first-order valence-electron chi connectivity index (χ1n) is 9.43. The van der Waals surface area contributed by atoms with Crippen molar-refractivity contribution in [2.24, 2.45) is 11.7 Å². The molecular weight excluding hydrogens is 429 g/mol. The molecule has 2 atom stereocenters. The van der Waals surface area contributed by atoms with Gasteiger partial charge >= 0.3 is 0 Å². The van der Waals surface area contributed by atoms with E-state index in [1.54, 1.807) is 11.3 Å². The lowest BCUT2D eigenvalue weighted by atomic mass is 9.92. The van der Waals surface area contributed by atoms with E-state index >= 15 is 0 Å². The Morgan fingerprint density at radius 1 is 1.31 bits per heavy atom. The van der Waals surface area contributed by atoms with Crippen LogP contribution in [0, 0.1) is 12.8 Å². The predicted molar refractivity (Wildman–Crippen MR) is 123 cm³/mol. The van der Waals surface area contributed by atoms with Gasteiger partial charge in [0.05, 0.1) is 27.1 Å². The second-order valence-corrected chi connectivity index (χ2v) is 8.24. The lowest BCUT2D eigenvalue weighted by Gasteiger charge is -2.38. The fourth-order valence-corrected chi connectivity index (χ4v) is 4.76. The van der Waals surface area contributed by atoms with Crippen molar-refractivity contribution in [1.29, 1.82) is 0 Å². The summed E-state index contributed by atoms with van der Waals surface area (Å²) in [5.74, 6) is 1.55. The van der Waals surface area contributed by atoms with Crippen LogP contribution in [0.15, 0.2) is 29.8 Å². The molecule has 158 valence electrons. The highest BCUT2D eigenvalue weighted by atomic mass is 35.5. The van der Waals surface area contributed by atoms with Crippen LogP contribution in [0.25, 0.3) is 21.7 Å². The molecule has 3 heterocycles. The van der Waals surface area contributed by atoms with Gasteiger partial charge in [-0.2, -0.15) is 0 Å². The number of imidazole rings is 1. The van der Waals surface area contributed by atoms with Crippen LogP contribution in [0.3, 0.4) is 0 Å². The van der Waals surface area contributed by atoms with Gasteiger partial charge in [0.1, 0.15) is 6.54 Å². The molecule has 9 heteroatoms. The molecule has 1 aromatic carbocycles. The third-order valence-electron chi connectivity index (χ3n) is 5.47. The van der Waals surface area contributed by atoms with Crippen molar-refractivity contribution in [3.05, 3.63) is 35.5 Å². The first kappa shape index (κ1) is 23.6. The minimum absolute atomic E-state index is 0. The number of hydrogen-bond acceptors (Lipinski definition) is 5. The fourth-order valence-electron chi connectivity index (χ4n) is 3.95. The Labute approximate surface area is 187 Å². The second-order valence-electron chi connectivity index (χ2n) is 7.38. The molecule has 1 amide bonds. The number of hydrogen-bond donors (Lipinski definition) is 1. The number of aromatic nitrogens is 3. The molecule has 1 fully saturated rings. The zero-order valence-electron chi connectivity index (χ0n) is 16.6. The lowest BCUT2D eigenvalue weighted by molar-refractivity contribution is -0.135. The van der Waals surface area contributed by atoms with Crippen LogP contribution in [0.2, 0.25) is 0 Å². The molecule has 0 radical (unpaired) electrons. The Hall–Kier alpha value is -1.67. The number of fused-ring (bicyclic) bond motifs is 1. The number of thiazole rings is 1. The van der Waals surface area contributed by atoms with Gasteiger partial charge in [0, 0.05) is 19.1 Å². The van der Waals surface area contributed by atoms with E-state index in [2.05, 4.69) is 11.9 Å². The van der Waals surface area contributed by atoms with Gasteiger partial charge in [-0.05, 0) is 37.8 Å². The zero-order chi connectivity index (χ0) is 19.0. The van der Waals surface area contributed by atoms with Crippen LogP contribution in [0.5, 0.6) is 0 Å². The summed E-state index contributed by atoms with van der Waals surface area (Å²) >= 11 is 1.56. The quantitative estimate of drug-likeness (QED) is 0.646. The van der Waals surface area contributed by atoms with Crippen LogP contribution in [-0.4, -0.2) is 44.5 Å². The molecule has 0 bridgehead atoms. The highest BCUT2D eigenvalue weighted by Crippen LogP contribution is 2.30. The third-order valence-corrected chi connectivity index (χ3v) is 6.39. The molecular formula is C20H27Cl2N5OS. The number of carbonyl (C=O) groups is 1. The number of nitrogens with two attached hydrogens (primary N) is 1. The topological polar surface area (TPSA) is 77.0 Å². The first-order valence-corrected chi connectivity index (χ1v) is 10.3. The minimum Gasteiger partial charge on any atom is -0.337 e. The Kier molecular flexibility index (Phi) is 8.05. The third kappa shape index (κ3) is 4.58. The number of piperidine rings is 1. The first-order chi connectivity index (χ1) is 13.1. The van der Waals surface area contributed by atoms with E-state index in [9.17, 15) is 4.79 Å². The van der Waals surface area contributed by atoms with Gasteiger partial charge < -0.3 is 15.2 Å². The van der Waals surface area contributed by atoms with Crippen LogP contribution >= 0.6 is 36.2 Å². The summed E-state index contributed by atoms with van der Waals surface area (Å²) in [4.78, 5) is 25.4. The molecule has 2 aromatic heterocycles. The number of halogens is 2. The molecule has 2 unspecified atom stereocenters. The summed E-state index contributed by atoms with van der Waals surface area (Å²) in [6, 6.07) is 8.10. The van der Waals surface area contributed by atoms with Gasteiger partial charge in [-0.3, -0.25) is 4.79 Å². The van der Waals surface area contributed by atoms with E-state index < -0.39 is 0 Å². The smallest absolute Gasteiger partial charge is 0.242 e. The molecule has 1 saturated heterocycles. The standard InChI is InChI=1S/C20H25N5OS.2ClH/c1-13-7-8-24(15(9-13)10-21)18(26)11-25-17-6-4-3-5-16(17)23-20(25)19-14(2)22-12-27-19;;/h3-6,12-13,15H,7-11,21H2,1-2H3;2*1H. The van der Waals surface area contributed by atoms with Gasteiger partial charge in [-0.15, -0.1) is 36.2 Å². The molecule has 3 aromatic rings. The number of rotatable bonds is 4. The van der Waals surface area contributed by atoms with E-state index in [0.29, 0.717) is 12.5 Å². The SMILES string of the molecule is Cc1ncsc1-c1nc2ccccc2n1CC(=O)N1CCC(C)CC1CN.Cl.Cl. The maximum Gasteiger partial charge on any atom is 0.242 e. The zero-order valence-corrected chi connectivity index (χ0v) is 19.0. The monoisotopic (exact) mass is 455 g/mol. The number of nitrogens with zero attached hydrogens (tertiary/aromatic N) is 4. The second kappa shape index (κ2) is 9.89. The molecule has 1 aliphatic rings. The van der Waals surface area contributed by atoms with Crippen molar-refractivity contribution in [2.45, 2.75) is 39.3 Å². The summed E-state index contributed by atoms with van der Waals surface area (Å²) < 4.78 is 2.03. The minimum atomic E-state index is 0. The van der Waals surface area contributed by atoms with Gasteiger partial charge in [-0.25, -0.2) is 9.97 Å². The number of amides is 1. The Morgan fingerprint density at radius 3 is 2.76 bits per heavy atom. The van der Waals surface area contributed by atoms with Crippen LogP contribution < -0.4 is 5.73 Å². The molecule has 4 rings (SSSR count). The molecule has 1 aliphatic heterocycles. The van der Waals surface area contributed by atoms with Crippen LogP contribution in [0.4, 0.5) is 0 Å². The maximum atomic E-state index is 13.2. The molecule has 29 heavy (non-hydrogen) atoms. The lowest BCUT2D eigenvalue weighted by Crippen LogP contribution is -2.50. The fraction of sp³-hybridized carbons (Fsp3) is 0.450. The number of para-hydroxylation sites is 2. The molecule has 2 N–H and O–H groups in total. The van der Waals surface area contributed by atoms with Gasteiger partial charge in [0.25, 0.3) is 0 Å². The average molecular weight is 456 g/mol. The van der Waals surface area contributed by atoms with Gasteiger partial charge in [0.2, 0.25) is 5.91 Å².